The standard InChI is InChI=1S/C13H17ClFNO3S/c1-4-5-9(3)16-13(17)10-6-8(2)12(15)11(7-10)20(14,18)19/h6-7,9H,4-5H2,1-3H3,(H,16,17). The number of halogens is 2. The highest BCUT2D eigenvalue weighted by atomic mass is 35.7. The summed E-state index contributed by atoms with van der Waals surface area (Å²) in [6.07, 6.45) is 1.71. The van der Waals surface area contributed by atoms with Crippen molar-refractivity contribution in [2.45, 2.75) is 44.6 Å². The molecule has 1 amide bonds. The van der Waals surface area contributed by atoms with Gasteiger partial charge in [-0.25, -0.2) is 12.8 Å². The minimum Gasteiger partial charge on any atom is -0.350 e. The summed E-state index contributed by atoms with van der Waals surface area (Å²) in [7, 11) is 0.935. The molecule has 0 spiro atoms. The maximum atomic E-state index is 13.7. The number of benzene rings is 1. The van der Waals surface area contributed by atoms with Crippen molar-refractivity contribution < 1.29 is 17.6 Å². The third-order valence-electron chi connectivity index (χ3n) is 2.85. The van der Waals surface area contributed by atoms with Gasteiger partial charge >= 0.3 is 0 Å². The number of carbonyl (C=O) groups is 1. The molecule has 0 fully saturated rings. The van der Waals surface area contributed by atoms with E-state index < -0.39 is 25.7 Å². The summed E-state index contributed by atoms with van der Waals surface area (Å²) in [4.78, 5) is 11.3. The van der Waals surface area contributed by atoms with Crippen LogP contribution < -0.4 is 5.32 Å². The van der Waals surface area contributed by atoms with Crippen molar-refractivity contribution >= 4 is 25.6 Å². The van der Waals surface area contributed by atoms with Gasteiger partial charge in [-0.05, 0) is 38.0 Å². The molecule has 0 aliphatic carbocycles. The summed E-state index contributed by atoms with van der Waals surface area (Å²) in [5.41, 5.74) is 0.131. The Morgan fingerprint density at radius 2 is 2.05 bits per heavy atom. The van der Waals surface area contributed by atoms with Crippen molar-refractivity contribution in [3.63, 3.8) is 0 Å². The van der Waals surface area contributed by atoms with Crippen LogP contribution in [0.5, 0.6) is 0 Å². The number of rotatable bonds is 5. The summed E-state index contributed by atoms with van der Waals surface area (Å²) >= 11 is 0. The Morgan fingerprint density at radius 1 is 1.45 bits per heavy atom. The molecular formula is C13H17ClFNO3S. The molecule has 1 atom stereocenters. The fourth-order valence-corrected chi connectivity index (χ4v) is 2.84. The van der Waals surface area contributed by atoms with Crippen molar-refractivity contribution in [1.29, 1.82) is 0 Å². The van der Waals surface area contributed by atoms with E-state index in [1.165, 1.54) is 13.0 Å². The van der Waals surface area contributed by atoms with Gasteiger partial charge in [-0.2, -0.15) is 0 Å². The molecule has 1 unspecified atom stereocenters. The molecule has 0 radical (unpaired) electrons. The molecule has 1 aromatic rings. The van der Waals surface area contributed by atoms with Crippen molar-refractivity contribution in [1.82, 2.24) is 5.32 Å². The second kappa shape index (κ2) is 6.54. The minimum atomic E-state index is -4.23. The van der Waals surface area contributed by atoms with E-state index in [4.69, 9.17) is 10.7 Å². The Morgan fingerprint density at radius 3 is 2.55 bits per heavy atom. The molecule has 112 valence electrons. The van der Waals surface area contributed by atoms with Crippen molar-refractivity contribution in [2.24, 2.45) is 0 Å². The predicted octanol–water partition coefficient (Wildman–Crippen LogP) is 2.98. The summed E-state index contributed by atoms with van der Waals surface area (Å²) < 4.78 is 36.3. The van der Waals surface area contributed by atoms with E-state index >= 15 is 0 Å². The van der Waals surface area contributed by atoms with Crippen LogP contribution in [0.25, 0.3) is 0 Å². The largest absolute Gasteiger partial charge is 0.350 e. The van der Waals surface area contributed by atoms with Gasteiger partial charge in [0.15, 0.2) is 0 Å². The molecule has 0 saturated carbocycles. The third-order valence-corrected chi connectivity index (χ3v) is 4.17. The van der Waals surface area contributed by atoms with Gasteiger partial charge in [0.1, 0.15) is 10.7 Å². The molecule has 0 aromatic heterocycles. The number of aryl methyl sites for hydroxylation is 1. The lowest BCUT2D eigenvalue weighted by atomic mass is 10.1. The van der Waals surface area contributed by atoms with Crippen LogP contribution >= 0.6 is 10.7 Å². The highest BCUT2D eigenvalue weighted by Gasteiger charge is 2.21. The van der Waals surface area contributed by atoms with Gasteiger partial charge in [-0.1, -0.05) is 13.3 Å². The first kappa shape index (κ1) is 16.9. The Balaban J connectivity index is 3.15. The monoisotopic (exact) mass is 321 g/mol. The van der Waals surface area contributed by atoms with Gasteiger partial charge < -0.3 is 5.32 Å². The van der Waals surface area contributed by atoms with E-state index in [2.05, 4.69) is 5.32 Å². The van der Waals surface area contributed by atoms with Gasteiger partial charge in [0.2, 0.25) is 0 Å². The lowest BCUT2D eigenvalue weighted by Crippen LogP contribution is -2.32. The first-order chi connectivity index (χ1) is 9.16. The van der Waals surface area contributed by atoms with Crippen LogP contribution in [0.3, 0.4) is 0 Å². The van der Waals surface area contributed by atoms with Crippen LogP contribution in [0.15, 0.2) is 17.0 Å². The molecule has 4 nitrogen and oxygen atoms in total. The molecular weight excluding hydrogens is 305 g/mol. The molecule has 0 heterocycles. The van der Waals surface area contributed by atoms with E-state index in [1.54, 1.807) is 0 Å². The highest BCUT2D eigenvalue weighted by molar-refractivity contribution is 8.13. The van der Waals surface area contributed by atoms with Gasteiger partial charge in [0, 0.05) is 22.3 Å². The first-order valence-corrected chi connectivity index (χ1v) is 8.53. The van der Waals surface area contributed by atoms with Crippen molar-refractivity contribution in [3.8, 4) is 0 Å². The van der Waals surface area contributed by atoms with Crippen LogP contribution in [0.1, 0.15) is 42.6 Å². The SMILES string of the molecule is CCCC(C)NC(=O)c1cc(C)c(F)c(S(=O)(=O)Cl)c1. The normalized spacial score (nSPS) is 13.1. The van der Waals surface area contributed by atoms with E-state index in [0.29, 0.717) is 0 Å². The fourth-order valence-electron chi connectivity index (χ4n) is 1.86. The summed E-state index contributed by atoms with van der Waals surface area (Å²) in [6, 6.07) is 2.21. The topological polar surface area (TPSA) is 63.2 Å². The van der Waals surface area contributed by atoms with E-state index in [0.717, 1.165) is 18.9 Å². The quantitative estimate of drug-likeness (QED) is 0.848. The Kier molecular flexibility index (Phi) is 5.53. The average molecular weight is 322 g/mol. The molecule has 20 heavy (non-hydrogen) atoms. The average Bonchev–Trinajstić information content (AvgIpc) is 2.30. The first-order valence-electron chi connectivity index (χ1n) is 6.22. The number of hydrogen-bond donors (Lipinski definition) is 1. The van der Waals surface area contributed by atoms with Crippen LogP contribution in [-0.4, -0.2) is 20.4 Å². The van der Waals surface area contributed by atoms with Crippen LogP contribution in [-0.2, 0) is 9.05 Å². The number of nitrogens with one attached hydrogen (secondary N) is 1. The molecule has 1 N–H and O–H groups in total. The molecule has 0 aliphatic rings. The second-order valence-electron chi connectivity index (χ2n) is 4.71. The highest BCUT2D eigenvalue weighted by Crippen LogP contribution is 2.23. The number of amides is 1. The molecule has 0 bridgehead atoms. The van der Waals surface area contributed by atoms with Crippen molar-refractivity contribution in [3.05, 3.63) is 29.1 Å². The maximum absolute atomic E-state index is 13.7. The van der Waals surface area contributed by atoms with E-state index in [-0.39, 0.29) is 17.2 Å². The van der Waals surface area contributed by atoms with E-state index in [9.17, 15) is 17.6 Å². The van der Waals surface area contributed by atoms with Gasteiger partial charge in [-0.15, -0.1) is 0 Å². The smallest absolute Gasteiger partial charge is 0.264 e. The summed E-state index contributed by atoms with van der Waals surface area (Å²) in [5.74, 6) is -1.38. The molecule has 1 rings (SSSR count). The zero-order valence-electron chi connectivity index (χ0n) is 11.5. The molecule has 0 aliphatic heterocycles. The van der Waals surface area contributed by atoms with Crippen LogP contribution in [0, 0.1) is 12.7 Å². The summed E-state index contributed by atoms with van der Waals surface area (Å²) in [6.45, 7) is 5.22. The number of carbonyl (C=O) groups excluding carboxylic acids is 1. The third kappa shape index (κ3) is 4.18. The summed E-state index contributed by atoms with van der Waals surface area (Å²) in [5, 5.41) is 2.72. The zero-order valence-corrected chi connectivity index (χ0v) is 13.1. The zero-order chi connectivity index (χ0) is 15.5. The van der Waals surface area contributed by atoms with Gasteiger partial charge in [0.25, 0.3) is 15.0 Å². The minimum absolute atomic E-state index is 0.0473. The predicted molar refractivity (Wildman–Crippen MR) is 76.0 cm³/mol. The van der Waals surface area contributed by atoms with Gasteiger partial charge in [-0.3, -0.25) is 4.79 Å². The molecule has 0 saturated heterocycles. The van der Waals surface area contributed by atoms with Gasteiger partial charge in [0.05, 0.1) is 0 Å². The lowest BCUT2D eigenvalue weighted by molar-refractivity contribution is 0.0938. The second-order valence-corrected chi connectivity index (χ2v) is 7.24. The molecule has 1 aromatic carbocycles. The molecule has 7 heteroatoms. The van der Waals surface area contributed by atoms with E-state index in [1.807, 2.05) is 13.8 Å². The maximum Gasteiger partial charge on any atom is 0.264 e. The lowest BCUT2D eigenvalue weighted by Gasteiger charge is -2.14. The van der Waals surface area contributed by atoms with Crippen LogP contribution in [0.2, 0.25) is 0 Å². The van der Waals surface area contributed by atoms with Crippen molar-refractivity contribution in [2.75, 3.05) is 0 Å². The Bertz CT molecular complexity index is 616. The Labute approximate surface area is 122 Å². The Hall–Kier alpha value is -1.14. The fraction of sp³-hybridized carbons (Fsp3) is 0.462. The number of hydrogen-bond acceptors (Lipinski definition) is 3. The van der Waals surface area contributed by atoms with Crippen LogP contribution in [0.4, 0.5) is 4.39 Å².